The van der Waals surface area contributed by atoms with E-state index in [1.165, 1.54) is 18.0 Å². The number of aromatic nitrogens is 2. The van der Waals surface area contributed by atoms with Gasteiger partial charge in [-0.05, 0) is 32.2 Å². The molecule has 3 rings (SSSR count). The average molecular weight is 338 g/mol. The van der Waals surface area contributed by atoms with Crippen molar-refractivity contribution in [2.24, 2.45) is 0 Å². The minimum atomic E-state index is -0.0433. The van der Waals surface area contributed by atoms with Crippen LogP contribution < -0.4 is 5.32 Å². The molecule has 0 saturated carbocycles. The van der Waals surface area contributed by atoms with Gasteiger partial charge in [-0.2, -0.15) is 4.37 Å². The topological polar surface area (TPSA) is 67.4 Å². The first-order valence-corrected chi connectivity index (χ1v) is 9.40. The summed E-state index contributed by atoms with van der Waals surface area (Å²) in [5.74, 6) is 1.16. The van der Waals surface area contributed by atoms with Crippen molar-refractivity contribution in [1.29, 1.82) is 0 Å². The maximum Gasteiger partial charge on any atom is 0.243 e. The minimum absolute atomic E-state index is 0.0433. The molecule has 2 aliphatic heterocycles. The van der Waals surface area contributed by atoms with E-state index in [-0.39, 0.29) is 17.9 Å². The Morgan fingerprint density at radius 2 is 2.09 bits per heavy atom. The van der Waals surface area contributed by atoms with Crippen molar-refractivity contribution in [2.75, 3.05) is 25.1 Å². The highest BCUT2D eigenvalue weighted by atomic mass is 32.1. The SMILES string of the molecule is CC(C)c1nsc(NC(=O)C2CCCCN2C2CCOCC2)n1. The van der Waals surface area contributed by atoms with Gasteiger partial charge in [-0.3, -0.25) is 15.0 Å². The van der Waals surface area contributed by atoms with E-state index in [9.17, 15) is 4.79 Å². The molecule has 1 aromatic rings. The quantitative estimate of drug-likeness (QED) is 0.914. The number of carbonyl (C=O) groups excluding carboxylic acids is 1. The highest BCUT2D eigenvalue weighted by Crippen LogP contribution is 2.26. The van der Waals surface area contributed by atoms with E-state index >= 15 is 0 Å². The first-order chi connectivity index (χ1) is 11.1. The molecule has 6 nitrogen and oxygen atoms in total. The molecule has 0 radical (unpaired) electrons. The van der Waals surface area contributed by atoms with Crippen LogP contribution in [-0.4, -0.2) is 52.0 Å². The van der Waals surface area contributed by atoms with E-state index in [0.29, 0.717) is 11.2 Å². The summed E-state index contributed by atoms with van der Waals surface area (Å²) in [7, 11) is 0. The standard InChI is InChI=1S/C16H26N4O2S/c1-11(2)14-17-16(23-19-14)18-15(21)13-5-3-4-8-20(13)12-6-9-22-10-7-12/h11-13H,3-10H2,1-2H3,(H,17,18,19,21). The number of likely N-dealkylation sites (tertiary alicyclic amines) is 1. The summed E-state index contributed by atoms with van der Waals surface area (Å²) in [5, 5.41) is 3.61. The van der Waals surface area contributed by atoms with E-state index in [1.807, 2.05) is 0 Å². The van der Waals surface area contributed by atoms with Gasteiger partial charge in [0.25, 0.3) is 0 Å². The molecule has 23 heavy (non-hydrogen) atoms. The number of hydrogen-bond acceptors (Lipinski definition) is 6. The largest absolute Gasteiger partial charge is 0.381 e. The second-order valence-electron chi connectivity index (χ2n) is 6.69. The van der Waals surface area contributed by atoms with E-state index in [0.717, 1.165) is 51.3 Å². The third kappa shape index (κ3) is 4.08. The van der Waals surface area contributed by atoms with Crippen LogP contribution in [0.3, 0.4) is 0 Å². The van der Waals surface area contributed by atoms with Crippen LogP contribution in [0.5, 0.6) is 0 Å². The molecule has 128 valence electrons. The zero-order valence-electron chi connectivity index (χ0n) is 14.0. The first kappa shape index (κ1) is 16.8. The van der Waals surface area contributed by atoms with E-state index in [4.69, 9.17) is 4.74 Å². The smallest absolute Gasteiger partial charge is 0.243 e. The van der Waals surface area contributed by atoms with Crippen LogP contribution in [0.25, 0.3) is 0 Å². The molecule has 0 bridgehead atoms. The van der Waals surface area contributed by atoms with Crippen LogP contribution in [-0.2, 0) is 9.53 Å². The number of anilines is 1. The van der Waals surface area contributed by atoms with Crippen molar-refractivity contribution in [3.63, 3.8) is 0 Å². The Balaban J connectivity index is 1.65. The first-order valence-electron chi connectivity index (χ1n) is 8.63. The number of rotatable bonds is 4. The van der Waals surface area contributed by atoms with Gasteiger partial charge in [0.05, 0.1) is 6.04 Å². The Morgan fingerprint density at radius 1 is 1.30 bits per heavy atom. The summed E-state index contributed by atoms with van der Waals surface area (Å²) < 4.78 is 9.77. The van der Waals surface area contributed by atoms with Gasteiger partial charge >= 0.3 is 0 Å². The van der Waals surface area contributed by atoms with Gasteiger partial charge in [-0.15, -0.1) is 0 Å². The summed E-state index contributed by atoms with van der Waals surface area (Å²) >= 11 is 1.28. The molecule has 0 spiro atoms. The van der Waals surface area contributed by atoms with Crippen molar-refractivity contribution in [2.45, 2.75) is 64.0 Å². The number of nitrogens with one attached hydrogen (secondary N) is 1. The maximum atomic E-state index is 12.8. The normalized spacial score (nSPS) is 24.0. The van der Waals surface area contributed by atoms with E-state index < -0.39 is 0 Å². The van der Waals surface area contributed by atoms with Crippen molar-refractivity contribution in [1.82, 2.24) is 14.3 Å². The average Bonchev–Trinajstić information content (AvgIpc) is 3.04. The van der Waals surface area contributed by atoms with Crippen LogP contribution >= 0.6 is 11.5 Å². The predicted molar refractivity (Wildman–Crippen MR) is 90.8 cm³/mol. The number of ether oxygens (including phenoxy) is 1. The maximum absolute atomic E-state index is 12.8. The molecule has 0 aromatic carbocycles. The summed E-state index contributed by atoms with van der Waals surface area (Å²) in [6.07, 6.45) is 5.28. The van der Waals surface area contributed by atoms with Crippen molar-refractivity contribution < 1.29 is 9.53 Å². The van der Waals surface area contributed by atoms with Crippen LogP contribution in [0, 0.1) is 0 Å². The molecule has 1 N–H and O–H groups in total. The van der Waals surface area contributed by atoms with Crippen molar-refractivity contribution >= 4 is 22.6 Å². The molecule has 7 heteroatoms. The molecule has 1 unspecified atom stereocenters. The minimum Gasteiger partial charge on any atom is -0.381 e. The molecule has 0 aliphatic carbocycles. The highest BCUT2D eigenvalue weighted by molar-refractivity contribution is 7.09. The molecule has 2 aliphatic rings. The lowest BCUT2D eigenvalue weighted by Gasteiger charge is -2.41. The number of hydrogen-bond donors (Lipinski definition) is 1. The Morgan fingerprint density at radius 3 is 2.78 bits per heavy atom. The monoisotopic (exact) mass is 338 g/mol. The van der Waals surface area contributed by atoms with Crippen LogP contribution in [0.1, 0.15) is 57.7 Å². The van der Waals surface area contributed by atoms with E-state index in [1.54, 1.807) is 0 Å². The zero-order chi connectivity index (χ0) is 16.2. The molecule has 2 saturated heterocycles. The lowest BCUT2D eigenvalue weighted by atomic mass is 9.96. The zero-order valence-corrected chi connectivity index (χ0v) is 14.8. The molecular weight excluding hydrogens is 312 g/mol. The molecular formula is C16H26N4O2S. The number of amides is 1. The fraction of sp³-hybridized carbons (Fsp3) is 0.812. The Hall–Kier alpha value is -1.05. The van der Waals surface area contributed by atoms with Gasteiger partial charge in [-0.25, -0.2) is 4.98 Å². The summed E-state index contributed by atoms with van der Waals surface area (Å²) in [4.78, 5) is 19.6. The molecule has 1 atom stereocenters. The number of carbonyl (C=O) groups is 1. The van der Waals surface area contributed by atoms with Crippen LogP contribution in [0.2, 0.25) is 0 Å². The lowest BCUT2D eigenvalue weighted by Crippen LogP contribution is -2.53. The molecule has 1 amide bonds. The van der Waals surface area contributed by atoms with Crippen molar-refractivity contribution in [3.05, 3.63) is 5.82 Å². The van der Waals surface area contributed by atoms with Gasteiger partial charge in [0.15, 0.2) is 0 Å². The predicted octanol–water partition coefficient (Wildman–Crippen LogP) is 2.63. The summed E-state index contributed by atoms with van der Waals surface area (Å²) in [6.45, 7) is 6.74. The third-order valence-corrected chi connectivity index (χ3v) is 5.34. The van der Waals surface area contributed by atoms with Crippen molar-refractivity contribution in [3.8, 4) is 0 Å². The third-order valence-electron chi connectivity index (χ3n) is 4.69. The Labute approximate surface area is 141 Å². The lowest BCUT2D eigenvalue weighted by molar-refractivity contribution is -0.124. The fourth-order valence-electron chi connectivity index (χ4n) is 3.40. The van der Waals surface area contributed by atoms with Gasteiger partial charge in [-0.1, -0.05) is 20.3 Å². The second kappa shape index (κ2) is 7.68. The van der Waals surface area contributed by atoms with Gasteiger partial charge in [0, 0.05) is 36.7 Å². The van der Waals surface area contributed by atoms with Crippen LogP contribution in [0.15, 0.2) is 0 Å². The second-order valence-corrected chi connectivity index (χ2v) is 7.45. The summed E-state index contributed by atoms with van der Waals surface area (Å²) in [6, 6.07) is 0.429. The Kier molecular flexibility index (Phi) is 5.61. The summed E-state index contributed by atoms with van der Waals surface area (Å²) in [5.41, 5.74) is 0. The number of nitrogens with zero attached hydrogens (tertiary/aromatic N) is 3. The van der Waals surface area contributed by atoms with E-state index in [2.05, 4.69) is 33.4 Å². The van der Waals surface area contributed by atoms with Gasteiger partial charge in [0.1, 0.15) is 5.82 Å². The van der Waals surface area contributed by atoms with Gasteiger partial charge in [0.2, 0.25) is 11.0 Å². The highest BCUT2D eigenvalue weighted by Gasteiger charge is 2.34. The van der Waals surface area contributed by atoms with Crippen LogP contribution in [0.4, 0.5) is 5.13 Å². The van der Waals surface area contributed by atoms with Gasteiger partial charge < -0.3 is 4.74 Å². The molecule has 2 fully saturated rings. The number of piperidine rings is 1. The molecule has 3 heterocycles. The molecule has 1 aromatic heterocycles. The fourth-order valence-corrected chi connectivity index (χ4v) is 4.11. The Bertz CT molecular complexity index is 528.